The van der Waals surface area contributed by atoms with Crippen molar-refractivity contribution >= 4 is 34.7 Å². The van der Waals surface area contributed by atoms with Crippen LogP contribution in [0.3, 0.4) is 0 Å². The van der Waals surface area contributed by atoms with Crippen LogP contribution in [0, 0.1) is 0 Å². The van der Waals surface area contributed by atoms with E-state index in [0.717, 1.165) is 16.9 Å². The quantitative estimate of drug-likeness (QED) is 0.377. The summed E-state index contributed by atoms with van der Waals surface area (Å²) in [6.07, 6.45) is -2.40. The summed E-state index contributed by atoms with van der Waals surface area (Å²) < 4.78 is 56.8. The molecule has 0 radical (unpaired) electrons. The van der Waals surface area contributed by atoms with Gasteiger partial charge in [0.25, 0.3) is 11.8 Å². The van der Waals surface area contributed by atoms with Crippen LogP contribution in [0.5, 0.6) is 0 Å². The summed E-state index contributed by atoms with van der Waals surface area (Å²) in [6, 6.07) is 6.86. The Morgan fingerprint density at radius 2 is 1.84 bits per heavy atom. The van der Waals surface area contributed by atoms with Gasteiger partial charge in [0, 0.05) is 30.1 Å². The highest BCUT2D eigenvalue weighted by atomic mass is 35.5. The molecule has 1 saturated heterocycles. The summed E-state index contributed by atoms with van der Waals surface area (Å²) in [7, 11) is 0. The Balaban J connectivity index is 1.42. The molecule has 3 aromatic heterocycles. The molecule has 196 valence electrons. The number of fused-ring (bicyclic) bond motifs is 1. The van der Waals surface area contributed by atoms with Gasteiger partial charge in [-0.3, -0.25) is 14.6 Å². The zero-order valence-electron chi connectivity index (χ0n) is 19.3. The lowest BCUT2D eigenvalue weighted by molar-refractivity contribution is -0.136. The van der Waals surface area contributed by atoms with Gasteiger partial charge in [-0.15, -0.1) is 0 Å². The minimum atomic E-state index is -4.74. The number of hydrogen-bond donors (Lipinski definition) is 2. The third kappa shape index (κ3) is 4.60. The number of amides is 2. The van der Waals surface area contributed by atoms with E-state index in [-0.39, 0.29) is 40.8 Å². The fourth-order valence-corrected chi connectivity index (χ4v) is 4.54. The van der Waals surface area contributed by atoms with Gasteiger partial charge in [0.2, 0.25) is 0 Å². The van der Waals surface area contributed by atoms with Gasteiger partial charge in [-0.25, -0.2) is 13.9 Å². The van der Waals surface area contributed by atoms with E-state index in [1.54, 1.807) is 0 Å². The van der Waals surface area contributed by atoms with Crippen LogP contribution in [-0.4, -0.2) is 61.6 Å². The zero-order chi connectivity index (χ0) is 27.2. The molecule has 9 nitrogen and oxygen atoms in total. The summed E-state index contributed by atoms with van der Waals surface area (Å²) in [4.78, 5) is 34.5. The van der Waals surface area contributed by atoms with Crippen LogP contribution in [0.1, 0.15) is 26.3 Å². The van der Waals surface area contributed by atoms with Gasteiger partial charge in [-0.05, 0) is 30.3 Å². The smallest absolute Gasteiger partial charge is 0.382 e. The van der Waals surface area contributed by atoms with E-state index in [4.69, 9.17) is 17.3 Å². The van der Waals surface area contributed by atoms with Crippen LogP contribution in [0.15, 0.2) is 55.1 Å². The topological polar surface area (TPSA) is 119 Å². The third-order valence-corrected chi connectivity index (χ3v) is 6.50. The molecule has 14 heteroatoms. The van der Waals surface area contributed by atoms with E-state index >= 15 is 0 Å². The molecular formula is C24H18ClF4N7O2. The number of nitrogens with zero attached hydrogens (tertiary/aromatic N) is 5. The highest BCUT2D eigenvalue weighted by molar-refractivity contribution is 6.34. The second-order valence-electron chi connectivity index (χ2n) is 8.58. The molecule has 38 heavy (non-hydrogen) atoms. The van der Waals surface area contributed by atoms with Crippen molar-refractivity contribution in [2.75, 3.05) is 18.8 Å². The largest absolute Gasteiger partial charge is 0.418 e. The molecule has 2 amide bonds. The van der Waals surface area contributed by atoms with Crippen LogP contribution < -0.4 is 11.1 Å². The maximum absolute atomic E-state index is 14.8. The number of nitrogen functional groups attached to an aromatic ring is 1. The Labute approximate surface area is 217 Å². The van der Waals surface area contributed by atoms with Crippen molar-refractivity contribution in [1.82, 2.24) is 29.8 Å². The van der Waals surface area contributed by atoms with Crippen LogP contribution >= 0.6 is 11.6 Å². The molecule has 4 aromatic rings. The van der Waals surface area contributed by atoms with Gasteiger partial charge in [0.05, 0.1) is 34.4 Å². The SMILES string of the molecule is Nc1ncnn2c(-c3ccc(Cl)c(C(=O)N[C@@H]4CN(C(=O)c5ccncc5)C[C@@H]4F)c3)cc(C(F)(F)F)c12. The standard InChI is InChI=1S/C24H18ClF4N7O2/c25-16-2-1-13(19-8-15(24(27,28)29)20-21(30)32-11-33-36(19)20)7-14(16)22(37)34-18-10-35(9-17(18)26)23(38)12-3-5-31-6-4-12/h1-8,11,17-18H,9-10H2,(H,34,37)(H2,30,32,33)/t17-,18+/m0/s1. The lowest BCUT2D eigenvalue weighted by Gasteiger charge is -2.17. The number of pyridine rings is 1. The van der Waals surface area contributed by atoms with Gasteiger partial charge >= 0.3 is 6.18 Å². The molecule has 1 fully saturated rings. The first-order chi connectivity index (χ1) is 18.0. The molecule has 4 heterocycles. The van der Waals surface area contributed by atoms with Crippen molar-refractivity contribution in [3.05, 3.63) is 76.8 Å². The van der Waals surface area contributed by atoms with Crippen molar-refractivity contribution in [1.29, 1.82) is 0 Å². The van der Waals surface area contributed by atoms with E-state index in [1.165, 1.54) is 47.6 Å². The predicted octanol–water partition coefficient (Wildman–Crippen LogP) is 3.64. The van der Waals surface area contributed by atoms with Crippen LogP contribution in [0.4, 0.5) is 23.4 Å². The van der Waals surface area contributed by atoms with E-state index in [9.17, 15) is 27.2 Å². The Morgan fingerprint density at radius 1 is 1.11 bits per heavy atom. The minimum Gasteiger partial charge on any atom is -0.382 e. The zero-order valence-corrected chi connectivity index (χ0v) is 20.0. The summed E-state index contributed by atoms with van der Waals surface area (Å²) in [5, 5.41) is 6.43. The summed E-state index contributed by atoms with van der Waals surface area (Å²) in [5.74, 6) is -1.53. The van der Waals surface area contributed by atoms with Crippen molar-refractivity contribution in [3.8, 4) is 11.3 Å². The lowest BCUT2D eigenvalue weighted by atomic mass is 10.1. The van der Waals surface area contributed by atoms with Crippen LogP contribution in [0.25, 0.3) is 16.8 Å². The number of anilines is 1. The second kappa shape index (κ2) is 9.56. The predicted molar refractivity (Wildman–Crippen MR) is 129 cm³/mol. The second-order valence-corrected chi connectivity index (χ2v) is 8.99. The molecule has 0 spiro atoms. The number of halogens is 5. The van der Waals surface area contributed by atoms with E-state index < -0.39 is 41.3 Å². The molecular weight excluding hydrogens is 530 g/mol. The number of alkyl halides is 4. The lowest BCUT2D eigenvalue weighted by Crippen LogP contribution is -2.41. The highest BCUT2D eigenvalue weighted by Crippen LogP contribution is 2.39. The first-order valence-corrected chi connectivity index (χ1v) is 11.6. The highest BCUT2D eigenvalue weighted by Gasteiger charge is 2.38. The first kappa shape index (κ1) is 25.4. The molecule has 0 aliphatic carbocycles. The number of rotatable bonds is 4. The Hall–Kier alpha value is -4.26. The fourth-order valence-electron chi connectivity index (χ4n) is 4.34. The van der Waals surface area contributed by atoms with Gasteiger partial charge in [-0.1, -0.05) is 17.7 Å². The summed E-state index contributed by atoms with van der Waals surface area (Å²) in [5.41, 5.74) is 4.63. The van der Waals surface area contributed by atoms with Gasteiger partial charge in [0.15, 0.2) is 5.82 Å². The molecule has 0 unspecified atom stereocenters. The van der Waals surface area contributed by atoms with Crippen molar-refractivity contribution < 1.29 is 27.2 Å². The molecule has 0 saturated carbocycles. The van der Waals surface area contributed by atoms with Crippen LogP contribution in [-0.2, 0) is 6.18 Å². The Morgan fingerprint density at radius 3 is 2.55 bits per heavy atom. The number of hydrogen-bond acceptors (Lipinski definition) is 6. The Bertz CT molecular complexity index is 1540. The Kier molecular flexibility index (Phi) is 6.39. The van der Waals surface area contributed by atoms with Crippen LogP contribution in [0.2, 0.25) is 5.02 Å². The average molecular weight is 548 g/mol. The molecule has 2 atom stereocenters. The summed E-state index contributed by atoms with van der Waals surface area (Å²) >= 11 is 6.22. The molecule has 1 aromatic carbocycles. The first-order valence-electron chi connectivity index (χ1n) is 11.2. The number of nitrogens with two attached hydrogens (primary N) is 1. The van der Waals surface area contributed by atoms with Gasteiger partial charge in [0.1, 0.15) is 18.0 Å². The maximum Gasteiger partial charge on any atom is 0.418 e. The summed E-state index contributed by atoms with van der Waals surface area (Å²) in [6.45, 7) is -0.308. The van der Waals surface area contributed by atoms with Gasteiger partial charge in [-0.2, -0.15) is 18.3 Å². The number of carbonyl (C=O) groups excluding carboxylic acids is 2. The molecule has 5 rings (SSSR count). The number of benzene rings is 1. The number of aromatic nitrogens is 4. The van der Waals surface area contributed by atoms with E-state index in [1.807, 2.05) is 0 Å². The molecule has 1 aliphatic rings. The normalized spacial score (nSPS) is 17.7. The van der Waals surface area contributed by atoms with E-state index in [2.05, 4.69) is 20.4 Å². The minimum absolute atomic E-state index is 0.00424. The number of carbonyl (C=O) groups is 2. The molecule has 1 aliphatic heterocycles. The monoisotopic (exact) mass is 547 g/mol. The van der Waals surface area contributed by atoms with Crippen molar-refractivity contribution in [2.24, 2.45) is 0 Å². The number of nitrogens with one attached hydrogen (secondary N) is 1. The third-order valence-electron chi connectivity index (χ3n) is 6.17. The van der Waals surface area contributed by atoms with Crippen molar-refractivity contribution in [2.45, 2.75) is 18.4 Å². The van der Waals surface area contributed by atoms with E-state index in [0.29, 0.717) is 5.56 Å². The molecule has 0 bridgehead atoms. The maximum atomic E-state index is 14.8. The average Bonchev–Trinajstić information content (AvgIpc) is 3.46. The fraction of sp³-hybridized carbons (Fsp3) is 0.208. The molecule has 3 N–H and O–H groups in total. The number of likely N-dealkylation sites (tertiary alicyclic amines) is 1. The van der Waals surface area contributed by atoms with Gasteiger partial charge < -0.3 is 16.0 Å². The van der Waals surface area contributed by atoms with Crippen molar-refractivity contribution in [3.63, 3.8) is 0 Å².